The van der Waals surface area contributed by atoms with Gasteiger partial charge >= 0.3 is 0 Å². The molecular formula is C61H38N4. The molecule has 2 aliphatic carbocycles. The highest BCUT2D eigenvalue weighted by molar-refractivity contribution is 5.99. The molecule has 0 bridgehead atoms. The normalized spacial score (nSPS) is 12.7. The van der Waals surface area contributed by atoms with Crippen LogP contribution in [0.3, 0.4) is 0 Å². The summed E-state index contributed by atoms with van der Waals surface area (Å²) >= 11 is 0. The summed E-state index contributed by atoms with van der Waals surface area (Å²) in [6.07, 6.45) is 1.85. The molecule has 13 rings (SSSR count). The molecule has 4 nitrogen and oxygen atoms in total. The zero-order valence-electron chi connectivity index (χ0n) is 35.2. The number of fused-ring (bicyclic) bond motifs is 11. The molecule has 65 heavy (non-hydrogen) atoms. The number of para-hydroxylation sites is 1. The molecule has 0 amide bonds. The first kappa shape index (κ1) is 37.0. The number of aromatic nitrogens is 4. The van der Waals surface area contributed by atoms with Crippen LogP contribution in [0.25, 0.3) is 101 Å². The van der Waals surface area contributed by atoms with Crippen LogP contribution < -0.4 is 0 Å². The summed E-state index contributed by atoms with van der Waals surface area (Å²) < 4.78 is 0. The summed E-state index contributed by atoms with van der Waals surface area (Å²) in [4.78, 5) is 20.0. The number of benzene rings is 9. The van der Waals surface area contributed by atoms with Crippen LogP contribution in [0.2, 0.25) is 0 Å². The van der Waals surface area contributed by atoms with E-state index in [1.165, 1.54) is 55.6 Å². The molecule has 0 unspecified atom stereocenters. The Morgan fingerprint density at radius 3 is 1.38 bits per heavy atom. The van der Waals surface area contributed by atoms with Gasteiger partial charge in [0.15, 0.2) is 17.5 Å². The van der Waals surface area contributed by atoms with Crippen molar-refractivity contribution in [2.45, 2.75) is 5.41 Å². The summed E-state index contributed by atoms with van der Waals surface area (Å²) in [7, 11) is 0. The lowest BCUT2D eigenvalue weighted by atomic mass is 9.68. The van der Waals surface area contributed by atoms with E-state index in [-0.39, 0.29) is 0 Å². The predicted octanol–water partition coefficient (Wildman–Crippen LogP) is 14.8. The summed E-state index contributed by atoms with van der Waals surface area (Å²) in [6, 6.07) is 80.4. The minimum absolute atomic E-state index is 0.439. The first-order valence-electron chi connectivity index (χ1n) is 22.1. The van der Waals surface area contributed by atoms with Crippen LogP contribution in [0.4, 0.5) is 0 Å². The molecule has 0 N–H and O–H groups in total. The lowest BCUT2D eigenvalue weighted by Gasteiger charge is -2.32. The van der Waals surface area contributed by atoms with Crippen molar-refractivity contribution >= 4 is 10.9 Å². The summed E-state index contributed by atoms with van der Waals surface area (Å²) in [6.45, 7) is 0. The van der Waals surface area contributed by atoms with Gasteiger partial charge in [-0.25, -0.2) is 15.0 Å². The standard InChI is InChI=1S/C61H38N4/c1-2-15-41(16-3-1)58-63-59(42-34-32-39(33-35-42)48-27-12-17-40-22-14-36-62-57(40)48)65-60(64-58)46-21-11-19-44(38-46)43-18-10-20-45(37-43)47-26-13-28-52-51-25-6-9-31-55(51)61(56(47)52)53-29-7-4-23-49(53)50-24-5-8-30-54(50)61/h1-38H. The van der Waals surface area contributed by atoms with Crippen molar-refractivity contribution in [1.82, 2.24) is 19.9 Å². The quantitative estimate of drug-likeness (QED) is 0.168. The van der Waals surface area contributed by atoms with Crippen LogP contribution in [0.15, 0.2) is 231 Å². The van der Waals surface area contributed by atoms with E-state index in [0.29, 0.717) is 17.5 Å². The molecule has 0 saturated carbocycles. The van der Waals surface area contributed by atoms with E-state index in [2.05, 4.69) is 188 Å². The van der Waals surface area contributed by atoms with Crippen molar-refractivity contribution in [3.8, 4) is 89.8 Å². The monoisotopic (exact) mass is 826 g/mol. The van der Waals surface area contributed by atoms with Crippen LogP contribution in [-0.2, 0) is 5.41 Å². The van der Waals surface area contributed by atoms with Crippen LogP contribution in [0, 0.1) is 0 Å². The fourth-order valence-corrected chi connectivity index (χ4v) is 10.6. The summed E-state index contributed by atoms with van der Waals surface area (Å²) in [5, 5.41) is 1.11. The van der Waals surface area contributed by atoms with E-state index in [1.54, 1.807) is 0 Å². The highest BCUT2D eigenvalue weighted by atomic mass is 15.0. The Hall–Kier alpha value is -8.60. The Bertz CT molecular complexity index is 3600. The van der Waals surface area contributed by atoms with Gasteiger partial charge in [0.2, 0.25) is 0 Å². The van der Waals surface area contributed by atoms with Gasteiger partial charge in [-0.2, -0.15) is 0 Å². The maximum Gasteiger partial charge on any atom is 0.164 e. The highest BCUT2D eigenvalue weighted by Crippen LogP contribution is 2.64. The summed E-state index contributed by atoms with van der Waals surface area (Å²) in [5.74, 6) is 1.86. The van der Waals surface area contributed by atoms with Crippen molar-refractivity contribution in [3.05, 3.63) is 253 Å². The molecule has 0 radical (unpaired) electrons. The van der Waals surface area contributed by atoms with E-state index < -0.39 is 5.41 Å². The molecule has 0 atom stereocenters. The van der Waals surface area contributed by atoms with E-state index in [0.717, 1.165) is 49.8 Å². The molecule has 11 aromatic rings. The van der Waals surface area contributed by atoms with E-state index in [1.807, 2.05) is 42.6 Å². The molecule has 2 aliphatic rings. The van der Waals surface area contributed by atoms with Gasteiger partial charge < -0.3 is 0 Å². The average Bonchev–Trinajstić information content (AvgIpc) is 3.86. The number of pyridine rings is 1. The predicted molar refractivity (Wildman–Crippen MR) is 264 cm³/mol. The van der Waals surface area contributed by atoms with Crippen LogP contribution in [-0.4, -0.2) is 19.9 Å². The van der Waals surface area contributed by atoms with Crippen LogP contribution >= 0.6 is 0 Å². The van der Waals surface area contributed by atoms with Crippen molar-refractivity contribution in [2.75, 3.05) is 0 Å². The Morgan fingerprint density at radius 1 is 0.277 bits per heavy atom. The van der Waals surface area contributed by atoms with E-state index >= 15 is 0 Å². The third kappa shape index (κ3) is 5.77. The SMILES string of the molecule is c1ccc(-c2nc(-c3ccc(-c4cccc5cccnc45)cc3)nc(-c3cccc(-c4cccc(-c5cccc6c5C5(c7ccccc7-c7ccccc75)c5ccccc5-6)c4)c3)n2)cc1. The minimum atomic E-state index is -0.439. The van der Waals surface area contributed by atoms with Crippen molar-refractivity contribution in [3.63, 3.8) is 0 Å². The first-order valence-corrected chi connectivity index (χ1v) is 22.1. The molecule has 9 aromatic carbocycles. The second kappa shape index (κ2) is 14.8. The van der Waals surface area contributed by atoms with Crippen molar-refractivity contribution in [1.29, 1.82) is 0 Å². The Kier molecular flexibility index (Phi) is 8.40. The maximum atomic E-state index is 5.15. The van der Waals surface area contributed by atoms with Gasteiger partial charge in [-0.1, -0.05) is 206 Å². The Labute approximate surface area is 377 Å². The first-order chi connectivity index (χ1) is 32.2. The number of nitrogens with zero attached hydrogens (tertiary/aromatic N) is 4. The molecule has 1 spiro atoms. The Morgan fingerprint density at radius 2 is 0.708 bits per heavy atom. The third-order valence-corrected chi connectivity index (χ3v) is 13.4. The molecule has 2 aromatic heterocycles. The third-order valence-electron chi connectivity index (χ3n) is 13.4. The zero-order valence-corrected chi connectivity index (χ0v) is 35.2. The average molecular weight is 827 g/mol. The maximum absolute atomic E-state index is 5.15. The molecule has 2 heterocycles. The molecule has 0 saturated heterocycles. The van der Waals surface area contributed by atoms with Gasteiger partial charge in [0, 0.05) is 33.8 Å². The van der Waals surface area contributed by atoms with Gasteiger partial charge in [-0.05, 0) is 90.5 Å². The van der Waals surface area contributed by atoms with Gasteiger partial charge in [-0.15, -0.1) is 0 Å². The largest absolute Gasteiger partial charge is 0.256 e. The van der Waals surface area contributed by atoms with Crippen molar-refractivity contribution in [2.24, 2.45) is 0 Å². The lowest BCUT2D eigenvalue weighted by molar-refractivity contribution is 0.796. The van der Waals surface area contributed by atoms with Crippen LogP contribution in [0.5, 0.6) is 0 Å². The molecule has 302 valence electrons. The van der Waals surface area contributed by atoms with Crippen molar-refractivity contribution < 1.29 is 0 Å². The fraction of sp³-hybridized carbons (Fsp3) is 0.0164. The number of rotatable bonds is 6. The highest BCUT2D eigenvalue weighted by Gasteiger charge is 2.52. The smallest absolute Gasteiger partial charge is 0.164 e. The fourth-order valence-electron chi connectivity index (χ4n) is 10.6. The van der Waals surface area contributed by atoms with Gasteiger partial charge in [0.25, 0.3) is 0 Å². The number of hydrogen-bond donors (Lipinski definition) is 0. The zero-order chi connectivity index (χ0) is 42.9. The molecule has 0 aliphatic heterocycles. The summed E-state index contributed by atoms with van der Waals surface area (Å²) in [5.41, 5.74) is 20.7. The lowest BCUT2D eigenvalue weighted by Crippen LogP contribution is -2.26. The molecule has 4 heteroatoms. The molecular weight excluding hydrogens is 789 g/mol. The molecule has 0 fully saturated rings. The number of hydrogen-bond acceptors (Lipinski definition) is 4. The van der Waals surface area contributed by atoms with Crippen LogP contribution in [0.1, 0.15) is 22.3 Å². The van der Waals surface area contributed by atoms with Gasteiger partial charge in [-0.3, -0.25) is 4.98 Å². The van der Waals surface area contributed by atoms with E-state index in [4.69, 9.17) is 19.9 Å². The van der Waals surface area contributed by atoms with Gasteiger partial charge in [0.1, 0.15) is 0 Å². The minimum Gasteiger partial charge on any atom is -0.256 e. The van der Waals surface area contributed by atoms with Gasteiger partial charge in [0.05, 0.1) is 10.9 Å². The Balaban J connectivity index is 0.917. The second-order valence-corrected chi connectivity index (χ2v) is 16.9. The van der Waals surface area contributed by atoms with E-state index in [9.17, 15) is 0 Å². The topological polar surface area (TPSA) is 51.6 Å². The second-order valence-electron chi connectivity index (χ2n) is 16.9.